The summed E-state index contributed by atoms with van der Waals surface area (Å²) in [6.07, 6.45) is 0. The predicted molar refractivity (Wildman–Crippen MR) is 77.3 cm³/mol. The van der Waals surface area contributed by atoms with E-state index in [-0.39, 0.29) is 5.69 Å². The van der Waals surface area contributed by atoms with Crippen LogP contribution in [0, 0.1) is 6.92 Å². The van der Waals surface area contributed by atoms with Gasteiger partial charge in [-0.2, -0.15) is 0 Å². The van der Waals surface area contributed by atoms with Crippen LogP contribution in [0.1, 0.15) is 16.2 Å². The molecule has 0 amide bonds. The SMILES string of the molecule is Cc1c(-c2ccc(Cl)cc2)nc2cccc(C(=O)O)n12. The van der Waals surface area contributed by atoms with E-state index in [9.17, 15) is 9.90 Å². The van der Waals surface area contributed by atoms with Crippen LogP contribution in [-0.4, -0.2) is 20.5 Å². The minimum atomic E-state index is -0.973. The molecule has 3 rings (SSSR count). The van der Waals surface area contributed by atoms with Crippen LogP contribution in [0.5, 0.6) is 0 Å². The quantitative estimate of drug-likeness (QED) is 0.782. The van der Waals surface area contributed by atoms with Gasteiger partial charge in [-0.25, -0.2) is 9.78 Å². The molecule has 0 aliphatic heterocycles. The first-order chi connectivity index (χ1) is 9.58. The molecule has 100 valence electrons. The monoisotopic (exact) mass is 286 g/mol. The zero-order chi connectivity index (χ0) is 14.3. The third-order valence-corrected chi connectivity index (χ3v) is 3.46. The van der Waals surface area contributed by atoms with Gasteiger partial charge < -0.3 is 5.11 Å². The molecule has 2 aromatic heterocycles. The molecule has 0 fully saturated rings. The predicted octanol–water partition coefficient (Wildman–Crippen LogP) is 3.66. The van der Waals surface area contributed by atoms with E-state index in [1.165, 1.54) is 0 Å². The number of hydrogen-bond acceptors (Lipinski definition) is 2. The van der Waals surface area contributed by atoms with Gasteiger partial charge in [0.25, 0.3) is 0 Å². The molecule has 3 aromatic rings. The van der Waals surface area contributed by atoms with Gasteiger partial charge in [0.2, 0.25) is 0 Å². The molecule has 4 nitrogen and oxygen atoms in total. The minimum Gasteiger partial charge on any atom is -0.477 e. The second-order valence-corrected chi connectivity index (χ2v) is 4.90. The molecule has 0 saturated heterocycles. The van der Waals surface area contributed by atoms with Gasteiger partial charge in [0, 0.05) is 16.3 Å². The zero-order valence-electron chi connectivity index (χ0n) is 10.7. The van der Waals surface area contributed by atoms with Crippen molar-refractivity contribution >= 4 is 23.2 Å². The van der Waals surface area contributed by atoms with Gasteiger partial charge in [-0.05, 0) is 31.2 Å². The number of carboxylic acids is 1. The Morgan fingerprint density at radius 1 is 1.20 bits per heavy atom. The summed E-state index contributed by atoms with van der Waals surface area (Å²) in [4.78, 5) is 15.8. The van der Waals surface area contributed by atoms with Crippen molar-refractivity contribution in [3.05, 3.63) is 58.9 Å². The number of nitrogens with zero attached hydrogens (tertiary/aromatic N) is 2. The molecule has 5 heteroatoms. The number of imidazole rings is 1. The molecular weight excluding hydrogens is 276 g/mol. The molecule has 0 unspecified atom stereocenters. The molecule has 0 bridgehead atoms. The second kappa shape index (κ2) is 4.65. The van der Waals surface area contributed by atoms with Gasteiger partial charge in [-0.15, -0.1) is 0 Å². The van der Waals surface area contributed by atoms with Crippen molar-refractivity contribution in [1.82, 2.24) is 9.38 Å². The third-order valence-electron chi connectivity index (χ3n) is 3.21. The van der Waals surface area contributed by atoms with Gasteiger partial charge >= 0.3 is 5.97 Å². The Hall–Kier alpha value is -2.33. The third kappa shape index (κ3) is 1.94. The van der Waals surface area contributed by atoms with Crippen LogP contribution in [0.4, 0.5) is 0 Å². The van der Waals surface area contributed by atoms with Crippen LogP contribution in [-0.2, 0) is 0 Å². The van der Waals surface area contributed by atoms with Gasteiger partial charge in [0.1, 0.15) is 11.3 Å². The maximum Gasteiger partial charge on any atom is 0.352 e. The Morgan fingerprint density at radius 3 is 2.55 bits per heavy atom. The number of aromatic nitrogens is 2. The number of pyridine rings is 1. The van der Waals surface area contributed by atoms with E-state index in [4.69, 9.17) is 11.6 Å². The van der Waals surface area contributed by atoms with E-state index in [1.54, 1.807) is 34.7 Å². The number of hydrogen-bond donors (Lipinski definition) is 1. The number of carboxylic acid groups (broad SMARTS) is 1. The lowest BCUT2D eigenvalue weighted by Gasteiger charge is -2.03. The average molecular weight is 287 g/mol. The number of aryl methyl sites for hydroxylation is 1. The van der Waals surface area contributed by atoms with Crippen LogP contribution in [0.15, 0.2) is 42.5 Å². The second-order valence-electron chi connectivity index (χ2n) is 4.46. The fraction of sp³-hybridized carbons (Fsp3) is 0.0667. The van der Waals surface area contributed by atoms with E-state index in [0.29, 0.717) is 10.7 Å². The lowest BCUT2D eigenvalue weighted by Crippen LogP contribution is -2.05. The van der Waals surface area contributed by atoms with Crippen molar-refractivity contribution in [2.24, 2.45) is 0 Å². The summed E-state index contributed by atoms with van der Waals surface area (Å²) in [6.45, 7) is 1.86. The number of aromatic carboxylic acids is 1. The Bertz CT molecular complexity index is 807. The van der Waals surface area contributed by atoms with E-state index in [2.05, 4.69) is 4.98 Å². The molecule has 0 aliphatic rings. The summed E-state index contributed by atoms with van der Waals surface area (Å²) in [5.41, 5.74) is 3.28. The molecule has 20 heavy (non-hydrogen) atoms. The van der Waals surface area contributed by atoms with Crippen molar-refractivity contribution in [3.8, 4) is 11.3 Å². The molecule has 0 radical (unpaired) electrons. The first-order valence-electron chi connectivity index (χ1n) is 6.05. The first-order valence-corrected chi connectivity index (χ1v) is 6.43. The molecule has 2 heterocycles. The zero-order valence-corrected chi connectivity index (χ0v) is 11.4. The van der Waals surface area contributed by atoms with E-state index >= 15 is 0 Å². The fourth-order valence-electron chi connectivity index (χ4n) is 2.29. The Labute approximate surface area is 120 Å². The number of carbonyl (C=O) groups is 1. The Balaban J connectivity index is 2.28. The molecule has 1 N–H and O–H groups in total. The highest BCUT2D eigenvalue weighted by atomic mass is 35.5. The maximum atomic E-state index is 11.3. The molecule has 0 spiro atoms. The molecule has 1 aromatic carbocycles. The van der Waals surface area contributed by atoms with Crippen LogP contribution in [0.25, 0.3) is 16.9 Å². The van der Waals surface area contributed by atoms with Crippen molar-refractivity contribution in [3.63, 3.8) is 0 Å². The maximum absolute atomic E-state index is 11.3. The lowest BCUT2D eigenvalue weighted by atomic mass is 10.1. The largest absolute Gasteiger partial charge is 0.477 e. The van der Waals surface area contributed by atoms with Gasteiger partial charge in [0.05, 0.1) is 5.69 Å². The summed E-state index contributed by atoms with van der Waals surface area (Å²) in [5.74, 6) is -0.973. The summed E-state index contributed by atoms with van der Waals surface area (Å²) in [5, 5.41) is 9.91. The van der Waals surface area contributed by atoms with E-state index in [0.717, 1.165) is 17.0 Å². The van der Waals surface area contributed by atoms with Gasteiger partial charge in [-0.3, -0.25) is 4.40 Å². The Kier molecular flexibility index (Phi) is 2.95. The first kappa shape index (κ1) is 12.7. The summed E-state index contributed by atoms with van der Waals surface area (Å²) in [6, 6.07) is 12.4. The molecule has 0 saturated carbocycles. The van der Waals surface area contributed by atoms with Crippen LogP contribution < -0.4 is 0 Å². The highest BCUT2D eigenvalue weighted by molar-refractivity contribution is 6.30. The van der Waals surface area contributed by atoms with E-state index < -0.39 is 5.97 Å². The summed E-state index contributed by atoms with van der Waals surface area (Å²) < 4.78 is 1.65. The molecule has 0 atom stereocenters. The van der Waals surface area contributed by atoms with Crippen molar-refractivity contribution in [2.45, 2.75) is 6.92 Å². The summed E-state index contributed by atoms with van der Waals surface area (Å²) in [7, 11) is 0. The molecule has 0 aliphatic carbocycles. The van der Waals surface area contributed by atoms with Crippen molar-refractivity contribution in [1.29, 1.82) is 0 Å². The highest BCUT2D eigenvalue weighted by Crippen LogP contribution is 2.26. The number of rotatable bonds is 2. The van der Waals surface area contributed by atoms with E-state index in [1.807, 2.05) is 19.1 Å². The minimum absolute atomic E-state index is 0.202. The topological polar surface area (TPSA) is 54.6 Å². The summed E-state index contributed by atoms with van der Waals surface area (Å²) >= 11 is 5.88. The number of halogens is 1. The van der Waals surface area contributed by atoms with Crippen molar-refractivity contribution in [2.75, 3.05) is 0 Å². The number of benzene rings is 1. The van der Waals surface area contributed by atoms with Crippen LogP contribution >= 0.6 is 11.6 Å². The van der Waals surface area contributed by atoms with Crippen LogP contribution in [0.3, 0.4) is 0 Å². The molecular formula is C15H11ClN2O2. The fourth-order valence-corrected chi connectivity index (χ4v) is 2.41. The Morgan fingerprint density at radius 2 is 1.90 bits per heavy atom. The normalized spacial score (nSPS) is 10.9. The lowest BCUT2D eigenvalue weighted by molar-refractivity contribution is 0.0688. The smallest absolute Gasteiger partial charge is 0.352 e. The van der Waals surface area contributed by atoms with Gasteiger partial charge in [0.15, 0.2) is 0 Å². The van der Waals surface area contributed by atoms with Gasteiger partial charge in [-0.1, -0.05) is 29.8 Å². The van der Waals surface area contributed by atoms with Crippen molar-refractivity contribution < 1.29 is 9.90 Å². The van der Waals surface area contributed by atoms with Crippen LogP contribution in [0.2, 0.25) is 5.02 Å². The standard InChI is InChI=1S/C15H11ClN2O2/c1-9-14(10-5-7-11(16)8-6-10)17-13-4-2-3-12(15(19)20)18(9)13/h2-8H,1H3,(H,19,20). The number of fused-ring (bicyclic) bond motifs is 1. The average Bonchev–Trinajstić information content (AvgIpc) is 2.77. The highest BCUT2D eigenvalue weighted by Gasteiger charge is 2.15.